The summed E-state index contributed by atoms with van der Waals surface area (Å²) in [6.07, 6.45) is 4.32. The van der Waals surface area contributed by atoms with E-state index in [9.17, 15) is 4.79 Å². The Kier molecular flexibility index (Phi) is 4.02. The van der Waals surface area contributed by atoms with Crippen LogP contribution in [0, 0.1) is 6.92 Å². The minimum Gasteiger partial charge on any atom is -0.333 e. The van der Waals surface area contributed by atoms with Gasteiger partial charge in [-0.3, -0.25) is 4.79 Å². The molecule has 1 atom stereocenters. The summed E-state index contributed by atoms with van der Waals surface area (Å²) in [5.74, 6) is 0.187. The molecule has 0 N–H and O–H groups in total. The standard InChI is InChI=1S/C19H19N3OS/c1-13-10-16-18(20-12-13)21-19(24-16)15-8-5-9-22(15)17(23)11-14-6-3-2-4-7-14/h2-4,6-7,10,12,15H,5,8-9,11H2,1H3. The summed E-state index contributed by atoms with van der Waals surface area (Å²) in [4.78, 5) is 23.8. The highest BCUT2D eigenvalue weighted by atomic mass is 32.1. The predicted molar refractivity (Wildman–Crippen MR) is 96.0 cm³/mol. The molecule has 1 unspecified atom stereocenters. The third-order valence-electron chi connectivity index (χ3n) is 4.46. The molecule has 4 rings (SSSR count). The SMILES string of the molecule is Cc1cnc2nc(C3CCCN3C(=O)Cc3ccccc3)sc2c1. The normalized spacial score (nSPS) is 17.5. The van der Waals surface area contributed by atoms with Crippen molar-refractivity contribution in [3.8, 4) is 0 Å². The number of likely N-dealkylation sites (tertiary alicyclic amines) is 1. The van der Waals surface area contributed by atoms with Crippen LogP contribution < -0.4 is 0 Å². The summed E-state index contributed by atoms with van der Waals surface area (Å²) in [5, 5.41) is 1.02. The summed E-state index contributed by atoms with van der Waals surface area (Å²) < 4.78 is 1.10. The maximum absolute atomic E-state index is 12.8. The lowest BCUT2D eigenvalue weighted by Crippen LogP contribution is -2.31. The van der Waals surface area contributed by atoms with Crippen molar-refractivity contribution in [3.63, 3.8) is 0 Å². The molecule has 3 aromatic rings. The third kappa shape index (κ3) is 2.91. The van der Waals surface area contributed by atoms with Crippen LogP contribution in [0.2, 0.25) is 0 Å². The van der Waals surface area contributed by atoms with Crippen LogP contribution >= 0.6 is 11.3 Å². The Hall–Kier alpha value is -2.27. The number of hydrogen-bond acceptors (Lipinski definition) is 4. The first-order valence-electron chi connectivity index (χ1n) is 8.27. The quantitative estimate of drug-likeness (QED) is 0.728. The van der Waals surface area contributed by atoms with E-state index in [1.807, 2.05) is 48.4 Å². The molecule has 0 saturated carbocycles. The van der Waals surface area contributed by atoms with E-state index in [2.05, 4.69) is 16.0 Å². The van der Waals surface area contributed by atoms with Crippen LogP contribution in [0.1, 0.15) is 35.0 Å². The van der Waals surface area contributed by atoms with Crippen LogP contribution in [0.15, 0.2) is 42.6 Å². The molecule has 24 heavy (non-hydrogen) atoms. The number of pyridine rings is 1. The van der Waals surface area contributed by atoms with Gasteiger partial charge in [0.2, 0.25) is 5.91 Å². The number of hydrogen-bond donors (Lipinski definition) is 0. The highest BCUT2D eigenvalue weighted by Crippen LogP contribution is 2.36. The van der Waals surface area contributed by atoms with Crippen molar-refractivity contribution in [2.24, 2.45) is 0 Å². The largest absolute Gasteiger partial charge is 0.333 e. The molecular weight excluding hydrogens is 318 g/mol. The number of fused-ring (bicyclic) bond motifs is 1. The Bertz CT molecular complexity index is 875. The Labute approximate surface area is 145 Å². The van der Waals surface area contributed by atoms with Gasteiger partial charge in [-0.05, 0) is 37.0 Å². The average Bonchev–Trinajstić information content (AvgIpc) is 3.21. The van der Waals surface area contributed by atoms with E-state index in [1.165, 1.54) is 0 Å². The number of thiazole rings is 1. The summed E-state index contributed by atoms with van der Waals surface area (Å²) >= 11 is 1.67. The third-order valence-corrected chi connectivity index (χ3v) is 5.55. The van der Waals surface area contributed by atoms with Crippen molar-refractivity contribution >= 4 is 27.6 Å². The van der Waals surface area contributed by atoms with Crippen molar-refractivity contribution in [2.75, 3.05) is 6.54 Å². The number of aryl methyl sites for hydroxylation is 1. The zero-order valence-electron chi connectivity index (χ0n) is 13.6. The van der Waals surface area contributed by atoms with Gasteiger partial charge in [0.1, 0.15) is 5.01 Å². The van der Waals surface area contributed by atoms with E-state index in [-0.39, 0.29) is 11.9 Å². The number of amides is 1. The minimum atomic E-state index is 0.0979. The van der Waals surface area contributed by atoms with Gasteiger partial charge in [-0.15, -0.1) is 11.3 Å². The average molecular weight is 337 g/mol. The van der Waals surface area contributed by atoms with Crippen LogP contribution in [0.4, 0.5) is 0 Å². The van der Waals surface area contributed by atoms with E-state index in [0.29, 0.717) is 6.42 Å². The minimum absolute atomic E-state index is 0.0979. The van der Waals surface area contributed by atoms with Gasteiger partial charge < -0.3 is 4.90 Å². The van der Waals surface area contributed by atoms with E-state index >= 15 is 0 Å². The van der Waals surface area contributed by atoms with E-state index < -0.39 is 0 Å². The summed E-state index contributed by atoms with van der Waals surface area (Å²) in [6.45, 7) is 2.86. The Morgan fingerprint density at radius 1 is 1.33 bits per heavy atom. The zero-order valence-corrected chi connectivity index (χ0v) is 14.4. The number of benzene rings is 1. The number of carbonyl (C=O) groups excluding carboxylic acids is 1. The second-order valence-corrected chi connectivity index (χ2v) is 7.36. The molecule has 4 nitrogen and oxygen atoms in total. The monoisotopic (exact) mass is 337 g/mol. The van der Waals surface area contributed by atoms with E-state index in [1.54, 1.807) is 11.3 Å². The van der Waals surface area contributed by atoms with E-state index in [4.69, 9.17) is 0 Å². The van der Waals surface area contributed by atoms with Gasteiger partial charge in [0, 0.05) is 12.7 Å². The maximum Gasteiger partial charge on any atom is 0.227 e. The van der Waals surface area contributed by atoms with E-state index in [0.717, 1.165) is 45.9 Å². The molecule has 1 aliphatic rings. The van der Waals surface area contributed by atoms with Crippen LogP contribution in [0.25, 0.3) is 10.3 Å². The van der Waals surface area contributed by atoms with Gasteiger partial charge in [-0.1, -0.05) is 30.3 Å². The van der Waals surface area contributed by atoms with Gasteiger partial charge in [0.15, 0.2) is 5.65 Å². The fourth-order valence-corrected chi connectivity index (χ4v) is 4.44. The molecule has 2 aromatic heterocycles. The molecule has 0 radical (unpaired) electrons. The van der Waals surface area contributed by atoms with Crippen LogP contribution in [0.5, 0.6) is 0 Å². The highest BCUT2D eigenvalue weighted by Gasteiger charge is 2.32. The summed E-state index contributed by atoms with van der Waals surface area (Å²) in [7, 11) is 0. The van der Waals surface area contributed by atoms with Crippen LogP contribution in [-0.2, 0) is 11.2 Å². The predicted octanol–water partition coefficient (Wildman–Crippen LogP) is 3.91. The smallest absolute Gasteiger partial charge is 0.227 e. The van der Waals surface area contributed by atoms with Gasteiger partial charge >= 0.3 is 0 Å². The second kappa shape index (κ2) is 6.32. The van der Waals surface area contributed by atoms with Gasteiger partial charge in [0.25, 0.3) is 0 Å². The zero-order chi connectivity index (χ0) is 16.5. The molecule has 0 spiro atoms. The molecule has 1 fully saturated rings. The lowest BCUT2D eigenvalue weighted by atomic mass is 10.1. The molecule has 1 aromatic carbocycles. The molecule has 122 valence electrons. The Morgan fingerprint density at radius 2 is 2.17 bits per heavy atom. The van der Waals surface area contributed by atoms with Crippen molar-refractivity contribution in [2.45, 2.75) is 32.2 Å². The first-order valence-corrected chi connectivity index (χ1v) is 9.09. The van der Waals surface area contributed by atoms with Crippen molar-refractivity contribution in [3.05, 3.63) is 58.7 Å². The lowest BCUT2D eigenvalue weighted by Gasteiger charge is -2.23. The first-order chi connectivity index (χ1) is 11.7. The van der Waals surface area contributed by atoms with Crippen LogP contribution in [0.3, 0.4) is 0 Å². The van der Waals surface area contributed by atoms with Crippen LogP contribution in [-0.4, -0.2) is 27.3 Å². The van der Waals surface area contributed by atoms with Gasteiger partial charge in [-0.2, -0.15) is 0 Å². The number of rotatable bonds is 3. The first kappa shape index (κ1) is 15.3. The highest BCUT2D eigenvalue weighted by molar-refractivity contribution is 7.18. The topological polar surface area (TPSA) is 46.1 Å². The molecule has 3 heterocycles. The molecule has 1 amide bonds. The number of nitrogens with zero attached hydrogens (tertiary/aromatic N) is 3. The van der Waals surface area contributed by atoms with Gasteiger partial charge in [-0.25, -0.2) is 9.97 Å². The molecular formula is C19H19N3OS. The maximum atomic E-state index is 12.8. The molecule has 0 bridgehead atoms. The van der Waals surface area contributed by atoms with Crippen molar-refractivity contribution in [1.82, 2.24) is 14.9 Å². The summed E-state index contributed by atoms with van der Waals surface area (Å²) in [6, 6.07) is 12.2. The summed E-state index contributed by atoms with van der Waals surface area (Å²) in [5.41, 5.74) is 3.00. The number of aromatic nitrogens is 2. The molecule has 1 saturated heterocycles. The number of carbonyl (C=O) groups is 1. The lowest BCUT2D eigenvalue weighted by molar-refractivity contribution is -0.131. The molecule has 0 aliphatic carbocycles. The Balaban J connectivity index is 1.58. The molecule has 1 aliphatic heterocycles. The second-order valence-electron chi connectivity index (χ2n) is 6.29. The molecule has 5 heteroatoms. The Morgan fingerprint density at radius 3 is 3.00 bits per heavy atom. The fourth-order valence-electron chi connectivity index (χ4n) is 3.27. The van der Waals surface area contributed by atoms with Crippen molar-refractivity contribution in [1.29, 1.82) is 0 Å². The van der Waals surface area contributed by atoms with Gasteiger partial charge in [0.05, 0.1) is 17.2 Å². The van der Waals surface area contributed by atoms with Crippen molar-refractivity contribution < 1.29 is 4.79 Å². The fraction of sp³-hybridized carbons (Fsp3) is 0.316.